The van der Waals surface area contributed by atoms with E-state index in [4.69, 9.17) is 9.47 Å². The van der Waals surface area contributed by atoms with Gasteiger partial charge in [0.25, 0.3) is 10.0 Å². The summed E-state index contributed by atoms with van der Waals surface area (Å²) in [5, 5.41) is 0. The Labute approximate surface area is 150 Å². The zero-order chi connectivity index (χ0) is 17.5. The summed E-state index contributed by atoms with van der Waals surface area (Å²) in [6, 6.07) is 10.7. The molecule has 0 aliphatic carbocycles. The number of hydrogen-bond donors (Lipinski definition) is 0. The highest BCUT2D eigenvalue weighted by molar-refractivity contribution is 9.10. The summed E-state index contributed by atoms with van der Waals surface area (Å²) < 4.78 is 38.8. The SMILES string of the molecule is COc1cc(Br)c(S(=O)(=O)N2CC(C)c3ccccc32)cc1OC. The molecular weight excluding hydrogens is 394 g/mol. The first kappa shape index (κ1) is 17.1. The van der Waals surface area contributed by atoms with E-state index in [1.807, 2.05) is 31.2 Å². The average Bonchev–Trinajstić information content (AvgIpc) is 2.92. The number of sulfonamides is 1. The van der Waals surface area contributed by atoms with Crippen LogP contribution in [0.3, 0.4) is 0 Å². The van der Waals surface area contributed by atoms with Crippen LogP contribution < -0.4 is 13.8 Å². The summed E-state index contributed by atoms with van der Waals surface area (Å²) in [6.07, 6.45) is 0. The van der Waals surface area contributed by atoms with Gasteiger partial charge in [-0.2, -0.15) is 0 Å². The van der Waals surface area contributed by atoms with Crippen LogP contribution >= 0.6 is 15.9 Å². The molecule has 1 unspecified atom stereocenters. The second-order valence-electron chi connectivity index (χ2n) is 5.63. The number of anilines is 1. The molecule has 1 aliphatic rings. The van der Waals surface area contributed by atoms with Crippen LogP contribution in [0.25, 0.3) is 0 Å². The Morgan fingerprint density at radius 3 is 2.42 bits per heavy atom. The molecule has 0 fully saturated rings. The van der Waals surface area contributed by atoms with Crippen LogP contribution in [-0.2, 0) is 10.0 Å². The number of hydrogen-bond acceptors (Lipinski definition) is 4. The molecule has 5 nitrogen and oxygen atoms in total. The van der Waals surface area contributed by atoms with Crippen LogP contribution in [0, 0.1) is 0 Å². The van der Waals surface area contributed by atoms with E-state index in [0.29, 0.717) is 22.5 Å². The van der Waals surface area contributed by atoms with Gasteiger partial charge in [0.1, 0.15) is 4.90 Å². The fourth-order valence-electron chi connectivity index (χ4n) is 2.96. The quantitative estimate of drug-likeness (QED) is 0.767. The van der Waals surface area contributed by atoms with Crippen LogP contribution in [0.4, 0.5) is 5.69 Å². The highest BCUT2D eigenvalue weighted by Crippen LogP contribution is 2.42. The largest absolute Gasteiger partial charge is 0.493 e. The molecule has 1 heterocycles. The topological polar surface area (TPSA) is 55.8 Å². The zero-order valence-electron chi connectivity index (χ0n) is 13.6. The predicted octanol–water partition coefficient (Wildman–Crippen LogP) is 3.78. The second-order valence-corrected chi connectivity index (χ2v) is 8.32. The van der Waals surface area contributed by atoms with Crippen molar-refractivity contribution >= 4 is 31.6 Å². The summed E-state index contributed by atoms with van der Waals surface area (Å²) in [7, 11) is -0.730. The van der Waals surface area contributed by atoms with Crippen LogP contribution in [-0.4, -0.2) is 29.2 Å². The summed E-state index contributed by atoms with van der Waals surface area (Å²) in [4.78, 5) is 0.157. The fraction of sp³-hybridized carbons (Fsp3) is 0.294. The summed E-state index contributed by atoms with van der Waals surface area (Å²) >= 11 is 3.35. The molecule has 3 rings (SSSR count). The van der Waals surface area contributed by atoms with Crippen molar-refractivity contribution in [2.45, 2.75) is 17.7 Å². The van der Waals surface area contributed by atoms with Crippen molar-refractivity contribution in [1.29, 1.82) is 0 Å². The van der Waals surface area contributed by atoms with E-state index in [-0.39, 0.29) is 10.8 Å². The molecule has 24 heavy (non-hydrogen) atoms. The van der Waals surface area contributed by atoms with E-state index in [1.54, 1.807) is 6.07 Å². The van der Waals surface area contributed by atoms with Crippen molar-refractivity contribution in [3.8, 4) is 11.5 Å². The van der Waals surface area contributed by atoms with E-state index in [1.165, 1.54) is 24.6 Å². The van der Waals surface area contributed by atoms with Gasteiger partial charge >= 0.3 is 0 Å². The first-order valence-corrected chi connectivity index (χ1v) is 9.66. The Hall–Kier alpha value is -1.73. The molecule has 0 N–H and O–H groups in total. The zero-order valence-corrected chi connectivity index (χ0v) is 16.0. The molecule has 2 aromatic rings. The Bertz CT molecular complexity index is 882. The number of benzene rings is 2. The van der Waals surface area contributed by atoms with Gasteiger partial charge in [0, 0.05) is 23.0 Å². The summed E-state index contributed by atoms with van der Waals surface area (Å²) in [5.41, 5.74) is 1.77. The van der Waals surface area contributed by atoms with E-state index < -0.39 is 10.0 Å². The van der Waals surface area contributed by atoms with Crippen molar-refractivity contribution in [1.82, 2.24) is 0 Å². The monoisotopic (exact) mass is 411 g/mol. The molecule has 0 radical (unpaired) electrons. The molecule has 0 spiro atoms. The van der Waals surface area contributed by atoms with Crippen LogP contribution in [0.2, 0.25) is 0 Å². The number of halogens is 1. The van der Waals surface area contributed by atoms with E-state index in [9.17, 15) is 8.42 Å². The highest BCUT2D eigenvalue weighted by Gasteiger charge is 2.36. The van der Waals surface area contributed by atoms with Gasteiger partial charge in [-0.05, 0) is 33.6 Å². The number of methoxy groups -OCH3 is 2. The highest BCUT2D eigenvalue weighted by atomic mass is 79.9. The number of fused-ring (bicyclic) bond motifs is 1. The molecule has 1 aliphatic heterocycles. The Morgan fingerprint density at radius 2 is 1.75 bits per heavy atom. The Morgan fingerprint density at radius 1 is 1.12 bits per heavy atom. The van der Waals surface area contributed by atoms with Gasteiger partial charge in [0.2, 0.25) is 0 Å². The molecule has 0 aromatic heterocycles. The predicted molar refractivity (Wildman–Crippen MR) is 96.6 cm³/mol. The van der Waals surface area contributed by atoms with Gasteiger partial charge in [-0.3, -0.25) is 4.31 Å². The second kappa shape index (κ2) is 6.29. The molecule has 0 bridgehead atoms. The molecule has 2 aromatic carbocycles. The maximum atomic E-state index is 13.2. The van der Waals surface area contributed by atoms with E-state index in [0.717, 1.165) is 11.3 Å². The number of para-hydroxylation sites is 1. The minimum atomic E-state index is -3.72. The van der Waals surface area contributed by atoms with Crippen LogP contribution in [0.1, 0.15) is 18.4 Å². The molecule has 1 atom stereocenters. The molecular formula is C17H18BrNO4S. The first-order chi connectivity index (χ1) is 11.4. The maximum absolute atomic E-state index is 13.2. The van der Waals surface area contributed by atoms with Crippen molar-refractivity contribution in [3.63, 3.8) is 0 Å². The standard InChI is InChI=1S/C17H18BrNO4S/c1-11-10-19(14-7-5-4-6-12(11)14)24(20,21)17-9-16(23-3)15(22-2)8-13(17)18/h4-9,11H,10H2,1-3H3. The van der Waals surface area contributed by atoms with Gasteiger partial charge in [-0.25, -0.2) is 8.42 Å². The number of ether oxygens (including phenoxy) is 2. The normalized spacial score (nSPS) is 16.8. The van der Waals surface area contributed by atoms with Crippen molar-refractivity contribution in [3.05, 3.63) is 46.4 Å². The lowest BCUT2D eigenvalue weighted by atomic mass is 10.0. The number of nitrogens with zero attached hydrogens (tertiary/aromatic N) is 1. The molecule has 0 saturated heterocycles. The van der Waals surface area contributed by atoms with E-state index >= 15 is 0 Å². The third kappa shape index (κ3) is 2.65. The number of rotatable bonds is 4. The van der Waals surface area contributed by atoms with Crippen molar-refractivity contribution in [2.24, 2.45) is 0 Å². The van der Waals surface area contributed by atoms with Gasteiger partial charge in [0.05, 0.1) is 19.9 Å². The Balaban J connectivity index is 2.13. The molecule has 0 saturated carbocycles. The fourth-order valence-corrected chi connectivity index (χ4v) is 5.54. The molecule has 7 heteroatoms. The molecule has 0 amide bonds. The first-order valence-electron chi connectivity index (χ1n) is 7.43. The van der Waals surface area contributed by atoms with Gasteiger partial charge in [-0.15, -0.1) is 0 Å². The third-order valence-corrected chi connectivity index (χ3v) is 6.92. The summed E-state index contributed by atoms with van der Waals surface area (Å²) in [6.45, 7) is 2.44. The average molecular weight is 412 g/mol. The van der Waals surface area contributed by atoms with Crippen molar-refractivity contribution < 1.29 is 17.9 Å². The van der Waals surface area contributed by atoms with E-state index in [2.05, 4.69) is 15.9 Å². The minimum Gasteiger partial charge on any atom is -0.493 e. The smallest absolute Gasteiger partial charge is 0.265 e. The lowest BCUT2D eigenvalue weighted by Gasteiger charge is -2.21. The van der Waals surface area contributed by atoms with Crippen molar-refractivity contribution in [2.75, 3.05) is 25.1 Å². The Kier molecular flexibility index (Phi) is 4.48. The van der Waals surface area contributed by atoms with Gasteiger partial charge < -0.3 is 9.47 Å². The lowest BCUT2D eigenvalue weighted by molar-refractivity contribution is 0.353. The third-order valence-electron chi connectivity index (χ3n) is 4.18. The lowest BCUT2D eigenvalue weighted by Crippen LogP contribution is -2.30. The van der Waals surface area contributed by atoms with Crippen LogP contribution in [0.5, 0.6) is 11.5 Å². The van der Waals surface area contributed by atoms with Gasteiger partial charge in [0.15, 0.2) is 11.5 Å². The maximum Gasteiger partial charge on any atom is 0.265 e. The minimum absolute atomic E-state index is 0.148. The summed E-state index contributed by atoms with van der Waals surface area (Å²) in [5.74, 6) is 0.994. The van der Waals surface area contributed by atoms with Crippen LogP contribution in [0.15, 0.2) is 45.8 Å². The molecule has 128 valence electrons. The van der Waals surface area contributed by atoms with Gasteiger partial charge in [-0.1, -0.05) is 25.1 Å².